The van der Waals surface area contributed by atoms with Crippen molar-refractivity contribution in [1.29, 1.82) is 0 Å². The van der Waals surface area contributed by atoms with Gasteiger partial charge in [-0.1, -0.05) is 59.8 Å². The standard InChI is InChI=1S/C15H30O.C5H11N/c1-5-9-11-13(7-3)15(16)14(8-4)12-10-6-2;1-2-4-6-5-3-1/h13-14H,5-12H2,1-4H3;6H,1-5H2. The van der Waals surface area contributed by atoms with Crippen LogP contribution < -0.4 is 5.32 Å². The summed E-state index contributed by atoms with van der Waals surface area (Å²) >= 11 is 0. The fourth-order valence-electron chi connectivity index (χ4n) is 3.13. The quantitative estimate of drug-likeness (QED) is 0.556. The van der Waals surface area contributed by atoms with Gasteiger partial charge in [-0.15, -0.1) is 0 Å². The molecule has 1 fully saturated rings. The first-order chi connectivity index (χ1) is 10.7. The summed E-state index contributed by atoms with van der Waals surface area (Å²) in [6, 6.07) is 0. The molecule has 0 aromatic carbocycles. The van der Waals surface area contributed by atoms with Crippen molar-refractivity contribution in [1.82, 2.24) is 5.32 Å². The molecule has 0 aromatic heterocycles. The summed E-state index contributed by atoms with van der Waals surface area (Å²) in [6.07, 6.45) is 13.3. The summed E-state index contributed by atoms with van der Waals surface area (Å²) in [5, 5.41) is 3.28. The van der Waals surface area contributed by atoms with Gasteiger partial charge in [-0.25, -0.2) is 0 Å². The minimum absolute atomic E-state index is 0.335. The van der Waals surface area contributed by atoms with E-state index in [2.05, 4.69) is 33.0 Å². The van der Waals surface area contributed by atoms with Gasteiger partial charge < -0.3 is 5.32 Å². The van der Waals surface area contributed by atoms with Crippen molar-refractivity contribution < 1.29 is 4.79 Å². The molecular weight excluding hydrogens is 270 g/mol. The van der Waals surface area contributed by atoms with Gasteiger partial charge in [-0.2, -0.15) is 0 Å². The molecule has 1 aliphatic rings. The largest absolute Gasteiger partial charge is 0.317 e. The molecule has 0 amide bonds. The van der Waals surface area contributed by atoms with E-state index < -0.39 is 0 Å². The topological polar surface area (TPSA) is 29.1 Å². The first-order valence-electron chi connectivity index (χ1n) is 9.95. The maximum absolute atomic E-state index is 12.3. The monoisotopic (exact) mass is 311 g/mol. The molecule has 22 heavy (non-hydrogen) atoms. The highest BCUT2D eigenvalue weighted by Crippen LogP contribution is 2.23. The number of carbonyl (C=O) groups excluding carboxylic acids is 1. The van der Waals surface area contributed by atoms with E-state index in [4.69, 9.17) is 0 Å². The highest BCUT2D eigenvalue weighted by molar-refractivity contribution is 5.83. The summed E-state index contributed by atoms with van der Waals surface area (Å²) in [4.78, 5) is 12.3. The van der Waals surface area contributed by atoms with Crippen molar-refractivity contribution in [3.63, 3.8) is 0 Å². The molecule has 2 heteroatoms. The van der Waals surface area contributed by atoms with Crippen LogP contribution in [-0.2, 0) is 4.79 Å². The Morgan fingerprint density at radius 1 is 0.818 bits per heavy atom. The van der Waals surface area contributed by atoms with Gasteiger partial charge in [0.1, 0.15) is 5.78 Å². The lowest BCUT2D eigenvalue weighted by atomic mass is 9.83. The summed E-state index contributed by atoms with van der Waals surface area (Å²) in [7, 11) is 0. The van der Waals surface area contributed by atoms with Crippen molar-refractivity contribution in [3.8, 4) is 0 Å². The number of hydrogen-bond acceptors (Lipinski definition) is 2. The van der Waals surface area contributed by atoms with Gasteiger partial charge >= 0.3 is 0 Å². The lowest BCUT2D eigenvalue weighted by Crippen LogP contribution is -2.23. The zero-order chi connectivity index (χ0) is 16.6. The van der Waals surface area contributed by atoms with Crippen LogP contribution in [0.5, 0.6) is 0 Å². The van der Waals surface area contributed by atoms with Crippen molar-refractivity contribution in [2.45, 2.75) is 98.3 Å². The predicted octanol–water partition coefficient (Wildman–Crippen LogP) is 5.75. The van der Waals surface area contributed by atoms with E-state index in [9.17, 15) is 4.79 Å². The average Bonchev–Trinajstić information content (AvgIpc) is 2.58. The Morgan fingerprint density at radius 2 is 1.27 bits per heavy atom. The zero-order valence-electron chi connectivity index (χ0n) is 15.8. The molecule has 0 aliphatic carbocycles. The van der Waals surface area contributed by atoms with E-state index in [-0.39, 0.29) is 0 Å². The van der Waals surface area contributed by atoms with E-state index >= 15 is 0 Å². The highest BCUT2D eigenvalue weighted by atomic mass is 16.1. The van der Waals surface area contributed by atoms with Crippen molar-refractivity contribution in [2.75, 3.05) is 13.1 Å². The summed E-state index contributed by atoms with van der Waals surface area (Å²) in [5.41, 5.74) is 0. The Morgan fingerprint density at radius 3 is 1.50 bits per heavy atom. The van der Waals surface area contributed by atoms with Crippen molar-refractivity contribution in [2.24, 2.45) is 11.8 Å². The molecule has 1 saturated heterocycles. The van der Waals surface area contributed by atoms with Gasteiger partial charge in [0, 0.05) is 11.8 Å². The molecular formula is C20H41NO. The number of nitrogens with one attached hydrogen (secondary N) is 1. The van der Waals surface area contributed by atoms with E-state index in [1.165, 1.54) is 58.0 Å². The SMILES string of the molecule is C1CCNCC1.CCCCC(CC)C(=O)C(CC)CCCC. The van der Waals surface area contributed by atoms with Gasteiger partial charge in [-0.05, 0) is 51.6 Å². The Bertz CT molecular complexity index is 219. The van der Waals surface area contributed by atoms with Crippen LogP contribution in [-0.4, -0.2) is 18.9 Å². The molecule has 0 saturated carbocycles. The lowest BCUT2D eigenvalue weighted by molar-refractivity contribution is -0.127. The van der Waals surface area contributed by atoms with Crippen LogP contribution in [0.25, 0.3) is 0 Å². The molecule has 2 atom stereocenters. The normalized spacial score (nSPS) is 17.3. The first-order valence-corrected chi connectivity index (χ1v) is 9.95. The molecule has 0 radical (unpaired) electrons. The Labute approximate surface area is 139 Å². The van der Waals surface area contributed by atoms with Crippen LogP contribution >= 0.6 is 0 Å². The molecule has 1 rings (SSSR count). The van der Waals surface area contributed by atoms with E-state index in [1.54, 1.807) is 0 Å². The number of rotatable bonds is 10. The molecule has 1 heterocycles. The molecule has 1 N–H and O–H groups in total. The second-order valence-corrected chi connectivity index (χ2v) is 6.71. The third-order valence-electron chi connectivity index (χ3n) is 4.81. The molecule has 1 aliphatic heterocycles. The van der Waals surface area contributed by atoms with E-state index in [1.807, 2.05) is 0 Å². The Kier molecular flexibility index (Phi) is 15.3. The fourth-order valence-corrected chi connectivity index (χ4v) is 3.13. The summed E-state index contributed by atoms with van der Waals surface area (Å²) < 4.78 is 0. The van der Waals surface area contributed by atoms with Crippen LogP contribution in [0.2, 0.25) is 0 Å². The van der Waals surface area contributed by atoms with Gasteiger partial charge in [0.2, 0.25) is 0 Å². The number of carbonyl (C=O) groups is 1. The Balaban J connectivity index is 0.000000604. The van der Waals surface area contributed by atoms with Crippen LogP contribution in [0, 0.1) is 11.8 Å². The molecule has 0 aromatic rings. The van der Waals surface area contributed by atoms with Crippen LogP contribution in [0.1, 0.15) is 98.3 Å². The molecule has 2 unspecified atom stereocenters. The van der Waals surface area contributed by atoms with Gasteiger partial charge in [0.05, 0.1) is 0 Å². The van der Waals surface area contributed by atoms with Crippen LogP contribution in [0.3, 0.4) is 0 Å². The number of hydrogen-bond donors (Lipinski definition) is 1. The second-order valence-electron chi connectivity index (χ2n) is 6.71. The maximum atomic E-state index is 12.3. The van der Waals surface area contributed by atoms with Crippen molar-refractivity contribution >= 4 is 5.78 Å². The Hall–Kier alpha value is -0.370. The minimum Gasteiger partial charge on any atom is -0.317 e. The smallest absolute Gasteiger partial charge is 0.139 e. The zero-order valence-corrected chi connectivity index (χ0v) is 15.8. The second kappa shape index (κ2) is 15.5. The number of unbranched alkanes of at least 4 members (excludes halogenated alkanes) is 2. The van der Waals surface area contributed by atoms with Gasteiger partial charge in [0.15, 0.2) is 0 Å². The van der Waals surface area contributed by atoms with Crippen LogP contribution in [0.15, 0.2) is 0 Å². The molecule has 0 bridgehead atoms. The summed E-state index contributed by atoms with van der Waals surface area (Å²) in [5.74, 6) is 1.22. The van der Waals surface area contributed by atoms with E-state index in [0.717, 1.165) is 25.7 Å². The summed E-state index contributed by atoms with van der Waals surface area (Å²) in [6.45, 7) is 11.2. The minimum atomic E-state index is 0.335. The maximum Gasteiger partial charge on any atom is 0.139 e. The van der Waals surface area contributed by atoms with Gasteiger partial charge in [0.25, 0.3) is 0 Å². The first kappa shape index (κ1) is 21.6. The fraction of sp³-hybridized carbons (Fsp3) is 0.950. The highest BCUT2D eigenvalue weighted by Gasteiger charge is 2.23. The third-order valence-corrected chi connectivity index (χ3v) is 4.81. The number of Topliss-reactive ketones (excluding diaryl/α,β-unsaturated/α-hetero) is 1. The average molecular weight is 312 g/mol. The number of ketones is 1. The van der Waals surface area contributed by atoms with Gasteiger partial charge in [-0.3, -0.25) is 4.79 Å². The third kappa shape index (κ3) is 10.4. The molecule has 0 spiro atoms. The predicted molar refractivity (Wildman–Crippen MR) is 98.3 cm³/mol. The molecule has 132 valence electrons. The molecule has 2 nitrogen and oxygen atoms in total. The van der Waals surface area contributed by atoms with E-state index in [0.29, 0.717) is 17.6 Å². The van der Waals surface area contributed by atoms with Crippen molar-refractivity contribution in [3.05, 3.63) is 0 Å². The number of piperidine rings is 1. The van der Waals surface area contributed by atoms with Crippen LogP contribution in [0.4, 0.5) is 0 Å². The lowest BCUT2D eigenvalue weighted by Gasteiger charge is -2.20.